The highest BCUT2D eigenvalue weighted by atomic mass is 16.2. The molecular weight excluding hydrogens is 286 g/mol. The number of hydrogen-bond donors (Lipinski definition) is 2. The average Bonchev–Trinajstić information content (AvgIpc) is 2.55. The van der Waals surface area contributed by atoms with E-state index in [1.54, 1.807) is 31.2 Å². The quantitative estimate of drug-likeness (QED) is 0.873. The van der Waals surface area contributed by atoms with Gasteiger partial charge in [-0.3, -0.25) is 4.79 Å². The zero-order valence-electron chi connectivity index (χ0n) is 13.6. The molecule has 2 rings (SSSR count). The molecule has 0 radical (unpaired) electrons. The van der Waals surface area contributed by atoms with Gasteiger partial charge < -0.3 is 10.6 Å². The Kier molecular flexibility index (Phi) is 5.37. The molecule has 0 aliphatic carbocycles. The van der Waals surface area contributed by atoms with E-state index in [0.717, 1.165) is 5.69 Å². The van der Waals surface area contributed by atoms with Crippen LogP contribution >= 0.6 is 0 Å². The van der Waals surface area contributed by atoms with Crippen LogP contribution in [0.25, 0.3) is 0 Å². The molecule has 0 fully saturated rings. The van der Waals surface area contributed by atoms with Crippen LogP contribution in [-0.2, 0) is 4.79 Å². The van der Waals surface area contributed by atoms with E-state index in [1.807, 2.05) is 12.1 Å². The molecule has 2 aromatic rings. The second-order valence-corrected chi connectivity index (χ2v) is 5.79. The Labute approximate surface area is 137 Å². The molecule has 2 N–H and O–H groups in total. The van der Waals surface area contributed by atoms with Gasteiger partial charge in [0, 0.05) is 5.69 Å². The molecule has 2 aromatic carbocycles. The van der Waals surface area contributed by atoms with Crippen LogP contribution < -0.4 is 10.6 Å². The monoisotopic (exact) mass is 307 g/mol. The molecule has 0 aliphatic rings. The third kappa shape index (κ3) is 4.33. The summed E-state index contributed by atoms with van der Waals surface area (Å²) in [5.41, 5.74) is 3.12. The lowest BCUT2D eigenvalue weighted by Crippen LogP contribution is -2.32. The third-order valence-electron chi connectivity index (χ3n) is 3.64. The van der Waals surface area contributed by atoms with Crippen LogP contribution in [0.3, 0.4) is 0 Å². The molecule has 0 aromatic heterocycles. The van der Waals surface area contributed by atoms with Gasteiger partial charge in [0.2, 0.25) is 5.91 Å². The van der Waals surface area contributed by atoms with Gasteiger partial charge in [0.1, 0.15) is 12.1 Å². The Morgan fingerprint density at radius 3 is 2.52 bits per heavy atom. The average molecular weight is 307 g/mol. The summed E-state index contributed by atoms with van der Waals surface area (Å²) < 4.78 is 0. The van der Waals surface area contributed by atoms with Crippen molar-refractivity contribution in [2.75, 3.05) is 10.6 Å². The summed E-state index contributed by atoms with van der Waals surface area (Å²) in [7, 11) is 0. The fourth-order valence-electron chi connectivity index (χ4n) is 2.23. The minimum absolute atomic E-state index is 0.178. The molecule has 0 heterocycles. The van der Waals surface area contributed by atoms with Gasteiger partial charge in [0.15, 0.2) is 0 Å². The zero-order chi connectivity index (χ0) is 16.8. The molecule has 4 nitrogen and oxygen atoms in total. The van der Waals surface area contributed by atoms with Gasteiger partial charge >= 0.3 is 0 Å². The highest BCUT2D eigenvalue weighted by molar-refractivity contribution is 5.97. The molecule has 0 saturated carbocycles. The predicted octanol–water partition coefficient (Wildman–Crippen LogP) is 4.12. The van der Waals surface area contributed by atoms with Crippen LogP contribution in [0.2, 0.25) is 0 Å². The van der Waals surface area contributed by atoms with Crippen molar-refractivity contribution >= 4 is 17.3 Å². The number of hydrogen-bond acceptors (Lipinski definition) is 3. The Morgan fingerprint density at radius 2 is 1.83 bits per heavy atom. The van der Waals surface area contributed by atoms with Crippen molar-refractivity contribution < 1.29 is 4.79 Å². The first-order valence-corrected chi connectivity index (χ1v) is 7.67. The molecule has 0 aliphatic heterocycles. The number of carbonyl (C=O) groups excluding carboxylic acids is 1. The number of benzene rings is 2. The van der Waals surface area contributed by atoms with Crippen LogP contribution in [0.5, 0.6) is 0 Å². The third-order valence-corrected chi connectivity index (χ3v) is 3.64. The standard InChI is InChI=1S/C19H21N3O/c1-13(2)15-8-6-9-17(11-15)21-14(3)19(23)22-18-10-5-4-7-16(18)12-20/h4-11,13-14,21H,1-3H3,(H,22,23)/t14-/m0/s1. The van der Waals surface area contributed by atoms with Crippen LogP contribution in [0.1, 0.15) is 37.8 Å². The van der Waals surface area contributed by atoms with Crippen molar-refractivity contribution in [3.8, 4) is 6.07 Å². The van der Waals surface area contributed by atoms with E-state index in [-0.39, 0.29) is 5.91 Å². The van der Waals surface area contributed by atoms with Crippen LogP contribution in [0.15, 0.2) is 48.5 Å². The van der Waals surface area contributed by atoms with E-state index in [9.17, 15) is 4.79 Å². The number of carbonyl (C=O) groups is 1. The summed E-state index contributed by atoms with van der Waals surface area (Å²) in [5.74, 6) is 0.256. The SMILES string of the molecule is CC(C)c1cccc(N[C@@H](C)C(=O)Nc2ccccc2C#N)c1. The van der Waals surface area contributed by atoms with E-state index in [1.165, 1.54) is 5.56 Å². The van der Waals surface area contributed by atoms with Crippen molar-refractivity contribution in [3.05, 3.63) is 59.7 Å². The van der Waals surface area contributed by atoms with Gasteiger partial charge in [-0.25, -0.2) is 0 Å². The maximum Gasteiger partial charge on any atom is 0.246 e. The van der Waals surface area contributed by atoms with Crippen molar-refractivity contribution in [2.24, 2.45) is 0 Å². The molecule has 0 unspecified atom stereocenters. The number of nitriles is 1. The lowest BCUT2D eigenvalue weighted by atomic mass is 10.0. The van der Waals surface area contributed by atoms with Crippen LogP contribution in [0.4, 0.5) is 11.4 Å². The highest BCUT2D eigenvalue weighted by Gasteiger charge is 2.14. The molecule has 23 heavy (non-hydrogen) atoms. The lowest BCUT2D eigenvalue weighted by Gasteiger charge is -2.17. The summed E-state index contributed by atoms with van der Waals surface area (Å²) in [6, 6.07) is 16.7. The Bertz CT molecular complexity index is 731. The second-order valence-electron chi connectivity index (χ2n) is 5.79. The van der Waals surface area contributed by atoms with E-state index in [2.05, 4.69) is 42.7 Å². The van der Waals surface area contributed by atoms with Gasteiger partial charge in [-0.15, -0.1) is 0 Å². The molecule has 4 heteroatoms. The molecule has 1 amide bonds. The van der Waals surface area contributed by atoms with Gasteiger partial charge in [-0.05, 0) is 42.7 Å². The molecule has 118 valence electrons. The minimum atomic E-state index is -0.413. The molecule has 0 spiro atoms. The minimum Gasteiger partial charge on any atom is -0.374 e. The Balaban J connectivity index is 2.06. The Morgan fingerprint density at radius 1 is 1.09 bits per heavy atom. The van der Waals surface area contributed by atoms with Gasteiger partial charge in [-0.2, -0.15) is 5.26 Å². The van der Waals surface area contributed by atoms with Gasteiger partial charge in [0.05, 0.1) is 11.3 Å². The van der Waals surface area contributed by atoms with Crippen LogP contribution in [0, 0.1) is 11.3 Å². The number of anilines is 2. The first-order valence-electron chi connectivity index (χ1n) is 7.67. The highest BCUT2D eigenvalue weighted by Crippen LogP contribution is 2.19. The fraction of sp³-hybridized carbons (Fsp3) is 0.263. The normalized spacial score (nSPS) is 11.6. The number of nitrogens with one attached hydrogen (secondary N) is 2. The summed E-state index contributed by atoms with van der Waals surface area (Å²) >= 11 is 0. The van der Waals surface area contributed by atoms with Crippen molar-refractivity contribution in [1.82, 2.24) is 0 Å². The smallest absolute Gasteiger partial charge is 0.246 e. The fourth-order valence-corrected chi connectivity index (χ4v) is 2.23. The summed E-state index contributed by atoms with van der Waals surface area (Å²) in [4.78, 5) is 12.3. The second kappa shape index (κ2) is 7.46. The summed E-state index contributed by atoms with van der Waals surface area (Å²) in [6.07, 6.45) is 0. The van der Waals surface area contributed by atoms with E-state index in [0.29, 0.717) is 17.2 Å². The molecule has 0 saturated heterocycles. The van der Waals surface area contributed by atoms with Crippen molar-refractivity contribution in [1.29, 1.82) is 5.26 Å². The maximum atomic E-state index is 12.3. The van der Waals surface area contributed by atoms with Crippen molar-refractivity contribution in [3.63, 3.8) is 0 Å². The van der Waals surface area contributed by atoms with Gasteiger partial charge in [-0.1, -0.05) is 38.1 Å². The zero-order valence-corrected chi connectivity index (χ0v) is 13.6. The molecular formula is C19H21N3O. The van der Waals surface area contributed by atoms with E-state index in [4.69, 9.17) is 5.26 Å². The largest absolute Gasteiger partial charge is 0.374 e. The predicted molar refractivity (Wildman–Crippen MR) is 93.4 cm³/mol. The number of para-hydroxylation sites is 1. The summed E-state index contributed by atoms with van der Waals surface area (Å²) in [6.45, 7) is 6.06. The molecule has 0 bridgehead atoms. The van der Waals surface area contributed by atoms with E-state index < -0.39 is 6.04 Å². The maximum absolute atomic E-state index is 12.3. The summed E-state index contributed by atoms with van der Waals surface area (Å²) in [5, 5.41) is 15.1. The first kappa shape index (κ1) is 16.6. The number of rotatable bonds is 5. The number of nitrogens with zero attached hydrogens (tertiary/aromatic N) is 1. The molecule has 1 atom stereocenters. The number of amides is 1. The van der Waals surface area contributed by atoms with Gasteiger partial charge in [0.25, 0.3) is 0 Å². The van der Waals surface area contributed by atoms with Crippen LogP contribution in [-0.4, -0.2) is 11.9 Å². The van der Waals surface area contributed by atoms with E-state index >= 15 is 0 Å². The lowest BCUT2D eigenvalue weighted by molar-refractivity contribution is -0.116. The Hall–Kier alpha value is -2.80. The topological polar surface area (TPSA) is 64.9 Å². The van der Waals surface area contributed by atoms with Crippen molar-refractivity contribution in [2.45, 2.75) is 32.7 Å². The first-order chi connectivity index (χ1) is 11.0.